The lowest BCUT2D eigenvalue weighted by Crippen LogP contribution is -1.96. The zero-order valence-electron chi connectivity index (χ0n) is 9.26. The number of hydrogen-bond acceptors (Lipinski definition) is 0. The van der Waals surface area contributed by atoms with Crippen LogP contribution in [0.4, 0.5) is 0 Å². The number of halogens is 1. The van der Waals surface area contributed by atoms with Crippen molar-refractivity contribution < 1.29 is 0 Å². The smallest absolute Gasteiger partial charge is 0.0175 e. The maximum atomic E-state index is 3.46. The molecule has 1 aromatic rings. The highest BCUT2D eigenvalue weighted by Gasteiger charge is 2.05. The third kappa shape index (κ3) is 3.83. The normalized spacial score (nSPS) is 13.2. The maximum absolute atomic E-state index is 3.46. The van der Waals surface area contributed by atoms with Crippen molar-refractivity contribution in [1.29, 1.82) is 0 Å². The molecule has 0 aliphatic heterocycles. The van der Waals surface area contributed by atoms with E-state index in [0.717, 1.165) is 10.4 Å². The molecule has 0 N–H and O–H groups in total. The van der Waals surface area contributed by atoms with Crippen molar-refractivity contribution in [3.8, 4) is 0 Å². The van der Waals surface area contributed by atoms with E-state index in [-0.39, 0.29) is 0 Å². The average Bonchev–Trinajstić information content (AvgIpc) is 2.15. The van der Waals surface area contributed by atoms with Gasteiger partial charge in [-0.1, -0.05) is 55.3 Å². The summed E-state index contributed by atoms with van der Waals surface area (Å²) in [5.74, 6) is 1.50. The van der Waals surface area contributed by atoms with Crippen LogP contribution in [0.5, 0.6) is 0 Å². The van der Waals surface area contributed by atoms with E-state index in [2.05, 4.69) is 61.0 Å². The number of benzene rings is 1. The van der Waals surface area contributed by atoms with Crippen LogP contribution >= 0.6 is 15.9 Å². The quantitative estimate of drug-likeness (QED) is 0.711. The minimum Gasteiger partial charge on any atom is -0.0628 e. The van der Waals surface area contributed by atoms with Crippen LogP contribution in [0, 0.1) is 5.92 Å². The average molecular weight is 255 g/mol. The van der Waals surface area contributed by atoms with Gasteiger partial charge in [0.1, 0.15) is 0 Å². The fraction of sp³-hybridized carbons (Fsp3) is 0.538. The van der Waals surface area contributed by atoms with E-state index < -0.39 is 0 Å². The van der Waals surface area contributed by atoms with Gasteiger partial charge in [0.25, 0.3) is 0 Å². The van der Waals surface area contributed by atoms with Gasteiger partial charge in [-0.05, 0) is 36.0 Å². The summed E-state index contributed by atoms with van der Waals surface area (Å²) in [6, 6.07) is 8.69. The van der Waals surface area contributed by atoms with Crippen LogP contribution in [-0.4, -0.2) is 0 Å². The predicted octanol–water partition coefficient (Wildman–Crippen LogP) is 4.99. The molecule has 0 unspecified atom stereocenters. The molecule has 0 amide bonds. The first-order valence-electron chi connectivity index (χ1n) is 5.35. The lowest BCUT2D eigenvalue weighted by Gasteiger charge is -2.13. The van der Waals surface area contributed by atoms with Gasteiger partial charge in [0.15, 0.2) is 0 Å². The lowest BCUT2D eigenvalue weighted by atomic mass is 9.93. The number of rotatable bonds is 4. The molecular weight excluding hydrogens is 236 g/mol. The second-order valence-corrected chi connectivity index (χ2v) is 5.34. The first-order valence-corrected chi connectivity index (χ1v) is 6.14. The van der Waals surface area contributed by atoms with Crippen molar-refractivity contribution in [3.63, 3.8) is 0 Å². The maximum Gasteiger partial charge on any atom is 0.0175 e. The van der Waals surface area contributed by atoms with E-state index in [1.165, 1.54) is 18.4 Å². The summed E-state index contributed by atoms with van der Waals surface area (Å²) in [5, 5.41) is 0. The van der Waals surface area contributed by atoms with Crippen LogP contribution in [0.2, 0.25) is 0 Å². The van der Waals surface area contributed by atoms with E-state index in [4.69, 9.17) is 0 Å². The molecule has 0 saturated carbocycles. The van der Waals surface area contributed by atoms with Crippen molar-refractivity contribution in [2.24, 2.45) is 5.92 Å². The highest BCUT2D eigenvalue weighted by atomic mass is 79.9. The van der Waals surface area contributed by atoms with Gasteiger partial charge < -0.3 is 0 Å². The second-order valence-electron chi connectivity index (χ2n) is 4.42. The fourth-order valence-corrected chi connectivity index (χ4v) is 1.81. The highest BCUT2D eigenvalue weighted by Crippen LogP contribution is 2.24. The summed E-state index contributed by atoms with van der Waals surface area (Å²) in [6.07, 6.45) is 2.61. The Hall–Kier alpha value is -0.300. The molecule has 0 spiro atoms. The molecule has 0 aromatic heterocycles. The molecule has 78 valence electrons. The van der Waals surface area contributed by atoms with Crippen LogP contribution in [0.25, 0.3) is 0 Å². The SMILES string of the molecule is CC(C)CC[C@@H](C)c1ccc(Br)cc1. The van der Waals surface area contributed by atoms with Crippen LogP contribution in [0.15, 0.2) is 28.7 Å². The minimum absolute atomic E-state index is 0.686. The van der Waals surface area contributed by atoms with Gasteiger partial charge in [0, 0.05) is 4.47 Å². The standard InChI is InChI=1S/C13H19Br/c1-10(2)4-5-11(3)12-6-8-13(14)9-7-12/h6-11H,4-5H2,1-3H3/t11-/m1/s1. The lowest BCUT2D eigenvalue weighted by molar-refractivity contribution is 0.517. The molecule has 0 radical (unpaired) electrons. The van der Waals surface area contributed by atoms with E-state index >= 15 is 0 Å². The molecule has 0 aliphatic carbocycles. The van der Waals surface area contributed by atoms with E-state index in [1.54, 1.807) is 0 Å². The monoisotopic (exact) mass is 254 g/mol. The number of hydrogen-bond donors (Lipinski definition) is 0. The molecule has 0 nitrogen and oxygen atoms in total. The molecule has 14 heavy (non-hydrogen) atoms. The molecule has 0 saturated heterocycles. The molecule has 1 heteroatoms. The van der Waals surface area contributed by atoms with Crippen molar-refractivity contribution in [2.45, 2.75) is 39.5 Å². The van der Waals surface area contributed by atoms with Gasteiger partial charge in [-0.2, -0.15) is 0 Å². The van der Waals surface area contributed by atoms with Crippen LogP contribution < -0.4 is 0 Å². The summed E-state index contributed by atoms with van der Waals surface area (Å²) in [5.41, 5.74) is 1.45. The van der Waals surface area contributed by atoms with Gasteiger partial charge in [0.05, 0.1) is 0 Å². The molecule has 0 heterocycles. The fourth-order valence-electron chi connectivity index (χ4n) is 1.54. The minimum atomic E-state index is 0.686. The third-order valence-electron chi connectivity index (χ3n) is 2.62. The summed E-state index contributed by atoms with van der Waals surface area (Å²) in [7, 11) is 0. The molecule has 0 bridgehead atoms. The first kappa shape index (κ1) is 11.8. The van der Waals surface area contributed by atoms with Gasteiger partial charge >= 0.3 is 0 Å². The van der Waals surface area contributed by atoms with Gasteiger partial charge in [-0.15, -0.1) is 0 Å². The Morgan fingerprint density at radius 1 is 1.00 bits per heavy atom. The molecule has 1 rings (SSSR count). The molecular formula is C13H19Br. The Labute approximate surface area is 95.9 Å². The largest absolute Gasteiger partial charge is 0.0628 e. The first-order chi connectivity index (χ1) is 6.59. The second kappa shape index (κ2) is 5.55. The van der Waals surface area contributed by atoms with Crippen LogP contribution in [-0.2, 0) is 0 Å². The third-order valence-corrected chi connectivity index (χ3v) is 3.14. The summed E-state index contributed by atoms with van der Waals surface area (Å²) >= 11 is 3.46. The topological polar surface area (TPSA) is 0 Å². The van der Waals surface area contributed by atoms with Gasteiger partial charge in [-0.3, -0.25) is 0 Å². The summed E-state index contributed by atoms with van der Waals surface area (Å²) in [6.45, 7) is 6.88. The van der Waals surface area contributed by atoms with Gasteiger partial charge in [-0.25, -0.2) is 0 Å². The van der Waals surface area contributed by atoms with Crippen LogP contribution in [0.3, 0.4) is 0 Å². The Balaban J connectivity index is 2.52. The molecule has 1 aromatic carbocycles. The van der Waals surface area contributed by atoms with Crippen molar-refractivity contribution >= 4 is 15.9 Å². The Bertz CT molecular complexity index is 261. The van der Waals surface area contributed by atoms with E-state index in [1.807, 2.05) is 0 Å². The van der Waals surface area contributed by atoms with Crippen molar-refractivity contribution in [3.05, 3.63) is 34.3 Å². The zero-order chi connectivity index (χ0) is 10.6. The summed E-state index contributed by atoms with van der Waals surface area (Å²) in [4.78, 5) is 0. The zero-order valence-corrected chi connectivity index (χ0v) is 10.8. The Morgan fingerprint density at radius 2 is 1.57 bits per heavy atom. The van der Waals surface area contributed by atoms with Crippen molar-refractivity contribution in [2.75, 3.05) is 0 Å². The van der Waals surface area contributed by atoms with Crippen LogP contribution in [0.1, 0.15) is 45.1 Å². The Kier molecular flexibility index (Phi) is 4.67. The highest BCUT2D eigenvalue weighted by molar-refractivity contribution is 9.10. The molecule has 1 atom stereocenters. The Morgan fingerprint density at radius 3 is 2.07 bits per heavy atom. The summed E-state index contributed by atoms with van der Waals surface area (Å²) < 4.78 is 1.16. The van der Waals surface area contributed by atoms with Gasteiger partial charge in [0.2, 0.25) is 0 Å². The predicted molar refractivity (Wildman–Crippen MR) is 66.6 cm³/mol. The molecule has 0 aliphatic rings. The van der Waals surface area contributed by atoms with E-state index in [0.29, 0.717) is 5.92 Å². The van der Waals surface area contributed by atoms with E-state index in [9.17, 15) is 0 Å². The molecule has 0 fully saturated rings. The van der Waals surface area contributed by atoms with Crippen molar-refractivity contribution in [1.82, 2.24) is 0 Å².